The zero-order chi connectivity index (χ0) is 23.9. The fourth-order valence-corrected chi connectivity index (χ4v) is 4.27. The smallest absolute Gasteiger partial charge is 0.259 e. The normalized spacial score (nSPS) is 11.8. The van der Waals surface area contributed by atoms with Crippen LogP contribution in [0.25, 0.3) is 0 Å². The van der Waals surface area contributed by atoms with Crippen LogP contribution < -0.4 is 14.8 Å². The molecule has 13 heteroatoms. The van der Waals surface area contributed by atoms with Crippen LogP contribution in [0.2, 0.25) is 0 Å². The number of carbonyl (C=O) groups is 1. The number of ether oxygens (including phenoxy) is 6. The molecule has 0 spiro atoms. The summed E-state index contributed by atoms with van der Waals surface area (Å²) in [6.07, 6.45) is -1.43. The van der Waals surface area contributed by atoms with Crippen LogP contribution in [0.15, 0.2) is 18.2 Å². The van der Waals surface area contributed by atoms with Gasteiger partial charge >= 0.3 is 0 Å². The van der Waals surface area contributed by atoms with Gasteiger partial charge in [0.25, 0.3) is 5.91 Å². The minimum absolute atomic E-state index is 0.248. The number of rotatable bonds is 17. The first-order valence-corrected chi connectivity index (χ1v) is 12.6. The number of carbonyl (C=O) groups excluding carboxylic acids is 1. The molecular formula is C20H28N2O8S3. The first kappa shape index (κ1) is 27.5. The lowest BCUT2D eigenvalue weighted by Gasteiger charge is -2.16. The summed E-state index contributed by atoms with van der Waals surface area (Å²) in [4.78, 5) is 16.4. The number of nitrogens with zero attached hydrogens (tertiary/aromatic N) is 1. The van der Waals surface area contributed by atoms with Gasteiger partial charge in [-0.05, 0) is 50.6 Å². The molecule has 10 nitrogen and oxygen atoms in total. The first-order valence-electron chi connectivity index (χ1n) is 10.0. The van der Waals surface area contributed by atoms with Crippen molar-refractivity contribution in [2.75, 3.05) is 72.4 Å². The Kier molecular flexibility index (Phi) is 13.4. The van der Waals surface area contributed by atoms with Crippen molar-refractivity contribution >= 4 is 43.9 Å². The number of aromatic nitrogens is 1. The third kappa shape index (κ3) is 10.4. The second-order valence-corrected chi connectivity index (χ2v) is 9.11. The highest BCUT2D eigenvalue weighted by Crippen LogP contribution is 2.31. The van der Waals surface area contributed by atoms with Crippen LogP contribution in [-0.4, -0.2) is 83.1 Å². The van der Waals surface area contributed by atoms with E-state index in [9.17, 15) is 9.90 Å². The molecule has 0 aliphatic carbocycles. The second-order valence-electron chi connectivity index (χ2n) is 6.35. The van der Waals surface area contributed by atoms with Crippen molar-refractivity contribution in [1.82, 2.24) is 4.98 Å². The maximum absolute atomic E-state index is 12.4. The van der Waals surface area contributed by atoms with E-state index in [1.807, 2.05) is 0 Å². The monoisotopic (exact) mass is 520 g/mol. The van der Waals surface area contributed by atoms with Crippen LogP contribution in [0, 0.1) is 3.95 Å². The fourth-order valence-electron chi connectivity index (χ4n) is 2.41. The summed E-state index contributed by atoms with van der Waals surface area (Å²) in [5.74, 6) is 0.201. The molecule has 2 N–H and O–H groups in total. The number of benzene rings is 1. The van der Waals surface area contributed by atoms with Crippen LogP contribution in [0.1, 0.15) is 11.7 Å². The summed E-state index contributed by atoms with van der Waals surface area (Å²) in [6.45, 7) is 3.15. The molecule has 0 saturated carbocycles. The van der Waals surface area contributed by atoms with Crippen LogP contribution in [-0.2, 0) is 23.7 Å². The molecule has 1 unspecified atom stereocenters. The van der Waals surface area contributed by atoms with Gasteiger partial charge in [0.15, 0.2) is 21.6 Å². The largest absolute Gasteiger partial charge is 0.487 e. The quantitative estimate of drug-likeness (QED) is 0.183. The number of anilines is 1. The van der Waals surface area contributed by atoms with E-state index >= 15 is 0 Å². The summed E-state index contributed by atoms with van der Waals surface area (Å²) >= 11 is 4.96. The SMILES string of the molecule is COCCOCCOc1ccc(C(O)C(=O)Nc2nc(=S)ss2)cc1OCCOCCOC. The van der Waals surface area contributed by atoms with Crippen LogP contribution >= 0.6 is 32.9 Å². The highest BCUT2D eigenvalue weighted by atomic mass is 32.9. The molecule has 33 heavy (non-hydrogen) atoms. The zero-order valence-electron chi connectivity index (χ0n) is 18.4. The summed E-state index contributed by atoms with van der Waals surface area (Å²) in [5, 5.41) is 13.4. The molecule has 0 aliphatic heterocycles. The maximum Gasteiger partial charge on any atom is 0.259 e. The van der Waals surface area contributed by atoms with E-state index < -0.39 is 12.0 Å². The molecule has 0 fully saturated rings. The lowest BCUT2D eigenvalue weighted by atomic mass is 10.1. The molecule has 1 aromatic carbocycles. The Labute approximate surface area is 204 Å². The highest BCUT2D eigenvalue weighted by molar-refractivity contribution is 7.79. The van der Waals surface area contributed by atoms with Gasteiger partial charge in [-0.15, -0.1) is 0 Å². The van der Waals surface area contributed by atoms with Crippen molar-refractivity contribution in [3.63, 3.8) is 0 Å². The molecule has 1 aromatic heterocycles. The molecule has 1 heterocycles. The zero-order valence-corrected chi connectivity index (χ0v) is 20.9. The van der Waals surface area contributed by atoms with E-state index in [0.29, 0.717) is 72.4 Å². The van der Waals surface area contributed by atoms with Gasteiger partial charge in [-0.2, -0.15) is 4.98 Å². The molecule has 2 rings (SSSR count). The minimum Gasteiger partial charge on any atom is -0.487 e. The summed E-state index contributed by atoms with van der Waals surface area (Å²) in [7, 11) is 5.69. The summed E-state index contributed by atoms with van der Waals surface area (Å²) in [6, 6.07) is 4.79. The Hall–Kier alpha value is -1.71. The topological polar surface area (TPSA) is 118 Å². The van der Waals surface area contributed by atoms with E-state index in [4.69, 9.17) is 40.6 Å². The van der Waals surface area contributed by atoms with Crippen molar-refractivity contribution in [1.29, 1.82) is 0 Å². The van der Waals surface area contributed by atoms with Gasteiger partial charge in [0.1, 0.15) is 13.2 Å². The van der Waals surface area contributed by atoms with Crippen LogP contribution in [0.4, 0.5) is 5.13 Å². The van der Waals surface area contributed by atoms with Crippen molar-refractivity contribution < 1.29 is 38.3 Å². The van der Waals surface area contributed by atoms with Gasteiger partial charge in [-0.25, -0.2) is 0 Å². The fraction of sp³-hybridized carbons (Fsp3) is 0.550. The molecule has 0 saturated heterocycles. The lowest BCUT2D eigenvalue weighted by molar-refractivity contribution is -0.124. The third-order valence-corrected chi connectivity index (χ3v) is 6.50. The molecule has 1 atom stereocenters. The number of aliphatic hydroxyl groups excluding tert-OH is 1. The van der Waals surface area contributed by atoms with Crippen LogP contribution in [0.5, 0.6) is 11.5 Å². The molecule has 1 amide bonds. The second kappa shape index (κ2) is 16.0. The van der Waals surface area contributed by atoms with Gasteiger partial charge in [-0.1, -0.05) is 6.07 Å². The van der Waals surface area contributed by atoms with Crippen molar-refractivity contribution in [3.8, 4) is 11.5 Å². The number of amides is 1. The number of hydrogen-bond acceptors (Lipinski definition) is 12. The molecular weight excluding hydrogens is 492 g/mol. The lowest BCUT2D eigenvalue weighted by Crippen LogP contribution is -2.21. The van der Waals surface area contributed by atoms with Crippen molar-refractivity contribution in [2.45, 2.75) is 6.10 Å². The highest BCUT2D eigenvalue weighted by Gasteiger charge is 2.21. The Balaban J connectivity index is 2.00. The van der Waals surface area contributed by atoms with Gasteiger partial charge in [0.05, 0.1) is 39.6 Å². The summed E-state index contributed by atoms with van der Waals surface area (Å²) < 4.78 is 32.6. The van der Waals surface area contributed by atoms with E-state index in [-0.39, 0.29) is 6.61 Å². The average molecular weight is 521 g/mol. The van der Waals surface area contributed by atoms with Crippen molar-refractivity contribution in [2.24, 2.45) is 0 Å². The number of hydrogen-bond donors (Lipinski definition) is 2. The Bertz CT molecular complexity index is 892. The van der Waals surface area contributed by atoms with E-state index in [1.54, 1.807) is 32.4 Å². The number of methoxy groups -OCH3 is 2. The predicted molar refractivity (Wildman–Crippen MR) is 127 cm³/mol. The standard InChI is InChI=1S/C20H28N2O8S3/c1-25-5-7-27-9-11-29-15-4-3-14(13-16(15)30-12-10-28-8-6-26-2)17(23)18(24)21-19-22-20(31)33-32-19/h3-4,13,17,23H,5-12H2,1-2H3,(H,21,22,24,31). The number of nitrogens with one attached hydrogen (secondary N) is 1. The number of aliphatic hydroxyl groups is 1. The van der Waals surface area contributed by atoms with Crippen molar-refractivity contribution in [3.05, 3.63) is 27.7 Å². The van der Waals surface area contributed by atoms with E-state index in [1.165, 1.54) is 20.7 Å². The maximum atomic E-state index is 12.4. The first-order chi connectivity index (χ1) is 16.0. The molecule has 184 valence electrons. The van der Waals surface area contributed by atoms with Gasteiger partial charge in [0, 0.05) is 14.2 Å². The molecule has 0 radical (unpaired) electrons. The molecule has 2 aromatic rings. The van der Waals surface area contributed by atoms with Gasteiger partial charge in [0.2, 0.25) is 5.13 Å². The average Bonchev–Trinajstić information content (AvgIpc) is 3.22. The Morgan fingerprint density at radius 1 is 0.970 bits per heavy atom. The van der Waals surface area contributed by atoms with Crippen LogP contribution in [0.3, 0.4) is 0 Å². The summed E-state index contributed by atoms with van der Waals surface area (Å²) in [5.41, 5.74) is 0.338. The van der Waals surface area contributed by atoms with E-state index in [2.05, 4.69) is 10.3 Å². The Morgan fingerprint density at radius 2 is 1.58 bits per heavy atom. The van der Waals surface area contributed by atoms with E-state index in [0.717, 1.165) is 0 Å². The third-order valence-electron chi connectivity index (χ3n) is 3.98. The molecule has 0 bridgehead atoms. The predicted octanol–water partition coefficient (Wildman–Crippen LogP) is 2.69. The molecule has 0 aliphatic rings. The van der Waals surface area contributed by atoms with Gasteiger partial charge < -0.3 is 33.5 Å². The van der Waals surface area contributed by atoms with Gasteiger partial charge in [-0.3, -0.25) is 10.1 Å². The Morgan fingerprint density at radius 3 is 2.15 bits per heavy atom. The minimum atomic E-state index is -1.43.